The fourth-order valence-corrected chi connectivity index (χ4v) is 2.09. The summed E-state index contributed by atoms with van der Waals surface area (Å²) in [6.07, 6.45) is 3.10. The van der Waals surface area contributed by atoms with Crippen LogP contribution < -0.4 is 5.73 Å². The van der Waals surface area contributed by atoms with Gasteiger partial charge in [-0.1, -0.05) is 17.7 Å². The molecule has 2 rings (SSSR count). The summed E-state index contributed by atoms with van der Waals surface area (Å²) in [6, 6.07) is 7.11. The molecular formula is C15H17ClN4O. The van der Waals surface area contributed by atoms with E-state index >= 15 is 0 Å². The van der Waals surface area contributed by atoms with Crippen molar-refractivity contribution >= 4 is 23.2 Å². The number of nitrogens with zero attached hydrogens (tertiary/aromatic N) is 3. The van der Waals surface area contributed by atoms with E-state index in [0.29, 0.717) is 17.8 Å². The molecule has 110 valence electrons. The van der Waals surface area contributed by atoms with Crippen LogP contribution in [-0.4, -0.2) is 26.8 Å². The van der Waals surface area contributed by atoms with Crippen LogP contribution in [0.2, 0.25) is 5.15 Å². The number of nitrogen functional groups attached to an aromatic ring is 1. The van der Waals surface area contributed by atoms with Crippen LogP contribution in [0.1, 0.15) is 29.9 Å². The molecule has 2 N–H and O–H groups in total. The molecule has 2 aromatic heterocycles. The van der Waals surface area contributed by atoms with Crippen LogP contribution in [0.3, 0.4) is 0 Å². The molecule has 0 saturated carbocycles. The molecule has 5 nitrogen and oxygen atoms in total. The van der Waals surface area contributed by atoms with Gasteiger partial charge in [0.2, 0.25) is 0 Å². The van der Waals surface area contributed by atoms with Gasteiger partial charge in [-0.15, -0.1) is 0 Å². The van der Waals surface area contributed by atoms with Crippen molar-refractivity contribution in [1.29, 1.82) is 0 Å². The first-order chi connectivity index (χ1) is 9.99. The lowest BCUT2D eigenvalue weighted by Crippen LogP contribution is -2.37. The average molecular weight is 305 g/mol. The van der Waals surface area contributed by atoms with Gasteiger partial charge in [0, 0.05) is 12.2 Å². The molecule has 0 atom stereocenters. The number of hydrogen-bond acceptors (Lipinski definition) is 4. The van der Waals surface area contributed by atoms with Gasteiger partial charge in [0.25, 0.3) is 5.91 Å². The van der Waals surface area contributed by atoms with Crippen molar-refractivity contribution in [2.75, 3.05) is 5.73 Å². The number of pyridine rings is 2. The van der Waals surface area contributed by atoms with Gasteiger partial charge in [0.15, 0.2) is 0 Å². The molecule has 2 heterocycles. The Labute approximate surface area is 128 Å². The van der Waals surface area contributed by atoms with E-state index in [1.165, 1.54) is 12.3 Å². The fraction of sp³-hybridized carbons (Fsp3) is 0.267. The molecule has 0 bridgehead atoms. The Morgan fingerprint density at radius 1 is 1.38 bits per heavy atom. The Hall–Kier alpha value is -2.14. The van der Waals surface area contributed by atoms with E-state index in [1.807, 2.05) is 32.0 Å². The van der Waals surface area contributed by atoms with Gasteiger partial charge in [-0.05, 0) is 32.0 Å². The topological polar surface area (TPSA) is 72.1 Å². The molecule has 2 aromatic rings. The van der Waals surface area contributed by atoms with E-state index in [9.17, 15) is 4.79 Å². The van der Waals surface area contributed by atoms with Gasteiger partial charge in [-0.2, -0.15) is 0 Å². The van der Waals surface area contributed by atoms with Crippen molar-refractivity contribution < 1.29 is 4.79 Å². The van der Waals surface area contributed by atoms with E-state index in [1.54, 1.807) is 11.1 Å². The fourth-order valence-electron chi connectivity index (χ4n) is 1.94. The minimum atomic E-state index is -0.183. The smallest absolute Gasteiger partial charge is 0.256 e. The maximum absolute atomic E-state index is 12.7. The highest BCUT2D eigenvalue weighted by molar-refractivity contribution is 6.29. The van der Waals surface area contributed by atoms with E-state index in [2.05, 4.69) is 9.97 Å². The van der Waals surface area contributed by atoms with Gasteiger partial charge >= 0.3 is 0 Å². The Morgan fingerprint density at radius 2 is 2.14 bits per heavy atom. The van der Waals surface area contributed by atoms with Gasteiger partial charge in [-0.3, -0.25) is 9.78 Å². The van der Waals surface area contributed by atoms with Crippen LogP contribution in [0.4, 0.5) is 5.69 Å². The SMILES string of the molecule is CC(C)N(Cc1ccccn1)C(=O)c1cc(Cl)ncc1N. The summed E-state index contributed by atoms with van der Waals surface area (Å²) in [6.45, 7) is 4.30. The number of aromatic nitrogens is 2. The van der Waals surface area contributed by atoms with E-state index in [4.69, 9.17) is 17.3 Å². The predicted octanol–water partition coefficient (Wildman–Crippen LogP) is 2.76. The molecule has 1 amide bonds. The second-order valence-electron chi connectivity index (χ2n) is 4.94. The highest BCUT2D eigenvalue weighted by Gasteiger charge is 2.22. The van der Waals surface area contributed by atoms with E-state index in [0.717, 1.165) is 5.69 Å². The standard InChI is InChI=1S/C15H17ClN4O/c1-10(2)20(9-11-5-3-4-6-18-11)15(21)12-7-14(16)19-8-13(12)17/h3-8,10H,9,17H2,1-2H3. The van der Waals surface area contributed by atoms with Crippen molar-refractivity contribution in [3.63, 3.8) is 0 Å². The van der Waals surface area contributed by atoms with Gasteiger partial charge in [0.1, 0.15) is 5.15 Å². The van der Waals surface area contributed by atoms with Crippen molar-refractivity contribution in [2.45, 2.75) is 26.4 Å². The zero-order valence-electron chi connectivity index (χ0n) is 12.0. The summed E-state index contributed by atoms with van der Waals surface area (Å²) in [5.41, 5.74) is 7.33. The van der Waals surface area contributed by atoms with Crippen LogP contribution in [0.25, 0.3) is 0 Å². The Bertz CT molecular complexity index is 631. The summed E-state index contributed by atoms with van der Waals surface area (Å²) >= 11 is 5.86. The number of amides is 1. The normalized spacial score (nSPS) is 10.7. The minimum absolute atomic E-state index is 0.00541. The molecule has 0 aliphatic heterocycles. The van der Waals surface area contributed by atoms with Crippen LogP contribution >= 0.6 is 11.6 Å². The molecule has 0 aliphatic rings. The molecule has 0 radical (unpaired) electrons. The quantitative estimate of drug-likeness (QED) is 0.882. The van der Waals surface area contributed by atoms with Crippen LogP contribution in [0.5, 0.6) is 0 Å². The first-order valence-electron chi connectivity index (χ1n) is 6.61. The van der Waals surface area contributed by atoms with Crippen molar-refractivity contribution in [1.82, 2.24) is 14.9 Å². The monoisotopic (exact) mass is 304 g/mol. The third kappa shape index (κ3) is 3.70. The van der Waals surface area contributed by atoms with Gasteiger partial charge in [0.05, 0.1) is 29.7 Å². The van der Waals surface area contributed by atoms with E-state index in [-0.39, 0.29) is 17.1 Å². The zero-order valence-corrected chi connectivity index (χ0v) is 12.7. The van der Waals surface area contributed by atoms with Gasteiger partial charge in [-0.25, -0.2) is 4.98 Å². The summed E-state index contributed by atoms with van der Waals surface area (Å²) in [5.74, 6) is -0.183. The van der Waals surface area contributed by atoms with Crippen LogP contribution in [0, 0.1) is 0 Å². The number of carbonyl (C=O) groups excluding carboxylic acids is 1. The van der Waals surface area contributed by atoms with Crippen molar-refractivity contribution in [3.05, 3.63) is 53.1 Å². The minimum Gasteiger partial charge on any atom is -0.397 e. The number of carbonyl (C=O) groups is 1. The predicted molar refractivity (Wildman–Crippen MR) is 82.9 cm³/mol. The largest absolute Gasteiger partial charge is 0.397 e. The maximum atomic E-state index is 12.7. The lowest BCUT2D eigenvalue weighted by Gasteiger charge is -2.27. The summed E-state index contributed by atoms with van der Waals surface area (Å²) in [4.78, 5) is 22.5. The lowest BCUT2D eigenvalue weighted by molar-refractivity contribution is 0.0689. The highest BCUT2D eigenvalue weighted by Crippen LogP contribution is 2.19. The molecular weight excluding hydrogens is 288 g/mol. The van der Waals surface area contributed by atoms with Gasteiger partial charge < -0.3 is 10.6 Å². The Morgan fingerprint density at radius 3 is 2.76 bits per heavy atom. The number of halogens is 1. The Kier molecular flexibility index (Phi) is 4.75. The molecule has 0 fully saturated rings. The Balaban J connectivity index is 2.30. The second kappa shape index (κ2) is 6.54. The molecule has 0 saturated heterocycles. The lowest BCUT2D eigenvalue weighted by atomic mass is 10.1. The number of nitrogens with two attached hydrogens (primary N) is 1. The van der Waals surface area contributed by atoms with Crippen molar-refractivity contribution in [3.8, 4) is 0 Å². The molecule has 0 aromatic carbocycles. The summed E-state index contributed by atoms with van der Waals surface area (Å²) < 4.78 is 0. The maximum Gasteiger partial charge on any atom is 0.256 e. The zero-order chi connectivity index (χ0) is 15.4. The average Bonchev–Trinajstić information content (AvgIpc) is 2.47. The molecule has 0 unspecified atom stereocenters. The summed E-state index contributed by atoms with van der Waals surface area (Å²) in [7, 11) is 0. The third-order valence-corrected chi connectivity index (χ3v) is 3.28. The molecule has 21 heavy (non-hydrogen) atoms. The first-order valence-corrected chi connectivity index (χ1v) is 6.98. The number of anilines is 1. The number of rotatable bonds is 4. The number of hydrogen-bond donors (Lipinski definition) is 1. The van der Waals surface area contributed by atoms with Crippen molar-refractivity contribution in [2.24, 2.45) is 0 Å². The summed E-state index contributed by atoms with van der Waals surface area (Å²) in [5, 5.41) is 0.245. The second-order valence-corrected chi connectivity index (χ2v) is 5.33. The molecule has 0 spiro atoms. The highest BCUT2D eigenvalue weighted by atomic mass is 35.5. The molecule has 0 aliphatic carbocycles. The molecule has 6 heteroatoms. The van der Waals surface area contributed by atoms with E-state index < -0.39 is 0 Å². The van der Waals surface area contributed by atoms with Crippen LogP contribution in [0.15, 0.2) is 36.7 Å². The first kappa shape index (κ1) is 15.3. The van der Waals surface area contributed by atoms with Crippen LogP contribution in [-0.2, 0) is 6.54 Å². The third-order valence-electron chi connectivity index (χ3n) is 3.07.